The number of carbonyl (C=O) groups excluding carboxylic acids is 2. The molecule has 0 aliphatic heterocycles. The molecule has 0 bridgehead atoms. The molecule has 0 aromatic heterocycles. The summed E-state index contributed by atoms with van der Waals surface area (Å²) < 4.78 is 4.51. The SMILES string of the molecule is COC(=O)C(NC(=O)NCC(O)C(=O)O)C(C)C. The van der Waals surface area contributed by atoms with Crippen LogP contribution in [0.3, 0.4) is 0 Å². The lowest BCUT2D eigenvalue weighted by Gasteiger charge is -2.20. The maximum Gasteiger partial charge on any atom is 0.334 e. The second-order valence-corrected chi connectivity index (χ2v) is 3.95. The number of esters is 1. The number of aliphatic hydroxyl groups is 1. The Hall–Kier alpha value is -1.83. The van der Waals surface area contributed by atoms with Crippen LogP contribution in [0.1, 0.15) is 13.8 Å². The van der Waals surface area contributed by atoms with Crippen molar-refractivity contribution in [2.75, 3.05) is 13.7 Å². The van der Waals surface area contributed by atoms with E-state index in [1.807, 2.05) is 0 Å². The van der Waals surface area contributed by atoms with E-state index in [9.17, 15) is 14.4 Å². The zero-order chi connectivity index (χ0) is 14.3. The van der Waals surface area contributed by atoms with Gasteiger partial charge >= 0.3 is 18.0 Å². The fourth-order valence-electron chi connectivity index (χ4n) is 1.09. The van der Waals surface area contributed by atoms with Gasteiger partial charge in [0.1, 0.15) is 6.04 Å². The molecule has 104 valence electrons. The number of hydrogen-bond donors (Lipinski definition) is 4. The van der Waals surface area contributed by atoms with Crippen molar-refractivity contribution < 1.29 is 29.3 Å². The number of aliphatic carboxylic acids is 1. The smallest absolute Gasteiger partial charge is 0.334 e. The van der Waals surface area contributed by atoms with E-state index >= 15 is 0 Å². The molecule has 2 amide bonds. The monoisotopic (exact) mass is 262 g/mol. The van der Waals surface area contributed by atoms with Gasteiger partial charge in [0.05, 0.1) is 13.7 Å². The van der Waals surface area contributed by atoms with Gasteiger partial charge in [-0.25, -0.2) is 14.4 Å². The van der Waals surface area contributed by atoms with Gasteiger partial charge in [0.2, 0.25) is 0 Å². The summed E-state index contributed by atoms with van der Waals surface area (Å²) >= 11 is 0. The number of urea groups is 1. The Balaban J connectivity index is 4.27. The highest BCUT2D eigenvalue weighted by molar-refractivity contribution is 5.84. The van der Waals surface area contributed by atoms with Gasteiger partial charge in [-0.3, -0.25) is 0 Å². The van der Waals surface area contributed by atoms with Crippen molar-refractivity contribution in [3.8, 4) is 0 Å². The first-order chi connectivity index (χ1) is 8.29. The highest BCUT2D eigenvalue weighted by Crippen LogP contribution is 2.03. The molecule has 2 atom stereocenters. The molecule has 0 saturated heterocycles. The summed E-state index contributed by atoms with van der Waals surface area (Å²) in [7, 11) is 1.20. The number of ether oxygens (including phenoxy) is 1. The molecule has 0 aliphatic rings. The Morgan fingerprint density at radius 1 is 1.28 bits per heavy atom. The minimum atomic E-state index is -1.69. The van der Waals surface area contributed by atoms with Gasteiger partial charge in [0.15, 0.2) is 6.10 Å². The number of rotatable bonds is 6. The van der Waals surface area contributed by atoms with Gasteiger partial charge in [0.25, 0.3) is 0 Å². The molecule has 0 aromatic carbocycles. The van der Waals surface area contributed by atoms with E-state index in [0.717, 1.165) is 0 Å². The second-order valence-electron chi connectivity index (χ2n) is 3.95. The number of hydrogen-bond acceptors (Lipinski definition) is 5. The topological polar surface area (TPSA) is 125 Å². The lowest BCUT2D eigenvalue weighted by molar-refractivity contribution is -0.146. The molecule has 0 radical (unpaired) electrons. The number of methoxy groups -OCH3 is 1. The molecule has 0 saturated carbocycles. The van der Waals surface area contributed by atoms with Crippen LogP contribution in [0.25, 0.3) is 0 Å². The van der Waals surface area contributed by atoms with E-state index < -0.39 is 36.7 Å². The third-order valence-electron chi connectivity index (χ3n) is 2.15. The lowest BCUT2D eigenvalue weighted by Crippen LogP contribution is -2.50. The summed E-state index contributed by atoms with van der Waals surface area (Å²) in [6.45, 7) is 2.98. The molecular weight excluding hydrogens is 244 g/mol. The quantitative estimate of drug-likeness (QED) is 0.452. The van der Waals surface area contributed by atoms with Crippen molar-refractivity contribution in [3.63, 3.8) is 0 Å². The average Bonchev–Trinajstić information content (AvgIpc) is 2.31. The van der Waals surface area contributed by atoms with Crippen molar-refractivity contribution in [2.24, 2.45) is 5.92 Å². The summed E-state index contributed by atoms with van der Waals surface area (Å²) in [6.07, 6.45) is -1.69. The number of nitrogens with one attached hydrogen (secondary N) is 2. The van der Waals surface area contributed by atoms with Crippen LogP contribution in [0.2, 0.25) is 0 Å². The van der Waals surface area contributed by atoms with E-state index in [-0.39, 0.29) is 5.92 Å². The van der Waals surface area contributed by atoms with Crippen molar-refractivity contribution >= 4 is 18.0 Å². The van der Waals surface area contributed by atoms with E-state index in [4.69, 9.17) is 10.2 Å². The van der Waals surface area contributed by atoms with Crippen molar-refractivity contribution in [1.82, 2.24) is 10.6 Å². The van der Waals surface area contributed by atoms with Crippen LogP contribution in [0.4, 0.5) is 4.79 Å². The maximum absolute atomic E-state index is 11.4. The van der Waals surface area contributed by atoms with Crippen LogP contribution in [-0.2, 0) is 14.3 Å². The van der Waals surface area contributed by atoms with Crippen LogP contribution in [0.15, 0.2) is 0 Å². The summed E-state index contributed by atoms with van der Waals surface area (Å²) in [6, 6.07) is -1.59. The van der Waals surface area contributed by atoms with E-state index in [1.165, 1.54) is 7.11 Å². The Labute approximate surface area is 104 Å². The molecule has 0 fully saturated rings. The maximum atomic E-state index is 11.4. The van der Waals surface area contributed by atoms with Gasteiger partial charge < -0.3 is 25.6 Å². The predicted molar refractivity (Wildman–Crippen MR) is 60.8 cm³/mol. The average molecular weight is 262 g/mol. The molecular formula is C10H18N2O6. The van der Waals surface area contributed by atoms with Gasteiger partial charge in [-0.2, -0.15) is 0 Å². The zero-order valence-electron chi connectivity index (χ0n) is 10.5. The van der Waals surface area contributed by atoms with E-state index in [1.54, 1.807) is 13.8 Å². The van der Waals surface area contributed by atoms with Crippen molar-refractivity contribution in [3.05, 3.63) is 0 Å². The zero-order valence-corrected chi connectivity index (χ0v) is 10.5. The molecule has 0 heterocycles. The summed E-state index contributed by atoms with van der Waals surface area (Å²) in [5.41, 5.74) is 0. The number of amides is 2. The fraction of sp³-hybridized carbons (Fsp3) is 0.700. The van der Waals surface area contributed by atoms with Crippen LogP contribution < -0.4 is 10.6 Å². The third kappa shape index (κ3) is 5.48. The Kier molecular flexibility index (Phi) is 6.73. The summed E-state index contributed by atoms with van der Waals surface area (Å²) in [5, 5.41) is 21.8. The number of carbonyl (C=O) groups is 3. The van der Waals surface area contributed by atoms with Crippen LogP contribution in [0, 0.1) is 5.92 Å². The number of carboxylic acids is 1. The number of carboxylic acid groups (broad SMARTS) is 1. The van der Waals surface area contributed by atoms with E-state index in [2.05, 4.69) is 15.4 Å². The van der Waals surface area contributed by atoms with Gasteiger partial charge in [-0.05, 0) is 5.92 Å². The molecule has 8 nitrogen and oxygen atoms in total. The largest absolute Gasteiger partial charge is 0.479 e. The highest BCUT2D eigenvalue weighted by atomic mass is 16.5. The lowest BCUT2D eigenvalue weighted by atomic mass is 10.1. The predicted octanol–water partition coefficient (Wildman–Crippen LogP) is -1.07. The number of aliphatic hydroxyl groups excluding tert-OH is 1. The third-order valence-corrected chi connectivity index (χ3v) is 2.15. The molecule has 4 N–H and O–H groups in total. The first-order valence-electron chi connectivity index (χ1n) is 5.32. The highest BCUT2D eigenvalue weighted by Gasteiger charge is 2.25. The molecule has 2 unspecified atom stereocenters. The molecule has 18 heavy (non-hydrogen) atoms. The molecule has 0 aromatic rings. The minimum Gasteiger partial charge on any atom is -0.479 e. The molecule has 8 heteroatoms. The van der Waals surface area contributed by atoms with Crippen LogP contribution in [0.5, 0.6) is 0 Å². The Morgan fingerprint density at radius 3 is 2.22 bits per heavy atom. The Bertz CT molecular complexity index is 317. The van der Waals surface area contributed by atoms with Gasteiger partial charge in [0, 0.05) is 0 Å². The molecule has 0 spiro atoms. The second kappa shape index (κ2) is 7.49. The summed E-state index contributed by atoms with van der Waals surface area (Å²) in [4.78, 5) is 33.0. The van der Waals surface area contributed by atoms with Crippen LogP contribution >= 0.6 is 0 Å². The van der Waals surface area contributed by atoms with Crippen molar-refractivity contribution in [2.45, 2.75) is 26.0 Å². The fourth-order valence-corrected chi connectivity index (χ4v) is 1.09. The molecule has 0 rings (SSSR count). The summed E-state index contributed by atoms with van der Waals surface area (Å²) in [5.74, 6) is -2.23. The standard InChI is InChI=1S/C10H18N2O6/c1-5(2)7(9(16)18-3)12-10(17)11-4-6(13)8(14)15/h5-7,13H,4H2,1-3H3,(H,14,15)(H2,11,12,17). The van der Waals surface area contributed by atoms with Crippen LogP contribution in [-0.4, -0.2) is 54.0 Å². The normalized spacial score (nSPS) is 13.6. The van der Waals surface area contributed by atoms with Gasteiger partial charge in [-0.15, -0.1) is 0 Å². The Morgan fingerprint density at radius 2 is 1.83 bits per heavy atom. The first-order valence-corrected chi connectivity index (χ1v) is 5.32. The first kappa shape index (κ1) is 16.2. The molecule has 0 aliphatic carbocycles. The van der Waals surface area contributed by atoms with Crippen molar-refractivity contribution in [1.29, 1.82) is 0 Å². The minimum absolute atomic E-state index is 0.187. The van der Waals surface area contributed by atoms with Gasteiger partial charge in [-0.1, -0.05) is 13.8 Å². The van der Waals surface area contributed by atoms with E-state index in [0.29, 0.717) is 0 Å².